The number of rotatable bonds is 5. The number of anilines is 1. The molecule has 0 aliphatic carbocycles. The molecule has 0 radical (unpaired) electrons. The second-order valence-electron chi connectivity index (χ2n) is 3.84. The van der Waals surface area contributed by atoms with Crippen LogP contribution in [0.5, 0.6) is 11.5 Å². The quantitative estimate of drug-likeness (QED) is 0.662. The highest BCUT2D eigenvalue weighted by atomic mass is 32.2. The average molecular weight is 282 g/mol. The van der Waals surface area contributed by atoms with Crippen molar-refractivity contribution in [2.75, 3.05) is 31.8 Å². The van der Waals surface area contributed by atoms with Gasteiger partial charge in [0.15, 0.2) is 16.7 Å². The van der Waals surface area contributed by atoms with E-state index in [-0.39, 0.29) is 0 Å². The third-order valence-electron chi connectivity index (χ3n) is 2.48. The van der Waals surface area contributed by atoms with Gasteiger partial charge in [0.2, 0.25) is 0 Å². The van der Waals surface area contributed by atoms with Crippen LogP contribution in [0.2, 0.25) is 0 Å². The van der Waals surface area contributed by atoms with Crippen molar-refractivity contribution < 1.29 is 9.47 Å². The molecule has 0 aliphatic rings. The molecule has 19 heavy (non-hydrogen) atoms. The van der Waals surface area contributed by atoms with Crippen molar-refractivity contribution in [1.29, 1.82) is 0 Å². The van der Waals surface area contributed by atoms with Crippen LogP contribution in [0.3, 0.4) is 0 Å². The van der Waals surface area contributed by atoms with Gasteiger partial charge in [-0.25, -0.2) is 0 Å². The Morgan fingerprint density at radius 2 is 1.95 bits per heavy atom. The predicted molar refractivity (Wildman–Crippen MR) is 84.0 cm³/mol. The van der Waals surface area contributed by atoms with Crippen molar-refractivity contribution in [3.8, 4) is 11.5 Å². The summed E-state index contributed by atoms with van der Waals surface area (Å²) < 4.78 is 11.3. The van der Waals surface area contributed by atoms with Crippen molar-refractivity contribution in [3.63, 3.8) is 0 Å². The molecule has 0 aromatic heterocycles. The van der Waals surface area contributed by atoms with Gasteiger partial charge < -0.3 is 14.8 Å². The van der Waals surface area contributed by atoms with Crippen LogP contribution in [0.4, 0.5) is 5.69 Å². The van der Waals surface area contributed by atoms with E-state index in [1.807, 2.05) is 39.2 Å². The number of hydrogen-bond donors (Lipinski definition) is 1. The van der Waals surface area contributed by atoms with Crippen LogP contribution < -0.4 is 14.8 Å². The fraction of sp³-hybridized carbons (Fsp3) is 0.500. The molecule has 0 bridgehead atoms. The number of aryl methyl sites for hydroxylation is 1. The summed E-state index contributed by atoms with van der Waals surface area (Å²) in [7, 11) is 1.77. The summed E-state index contributed by atoms with van der Waals surface area (Å²) in [6.07, 6.45) is 1.99. The van der Waals surface area contributed by atoms with Crippen molar-refractivity contribution in [2.24, 2.45) is 4.99 Å². The Bertz CT molecular complexity index is 447. The zero-order chi connectivity index (χ0) is 14.3. The van der Waals surface area contributed by atoms with Crippen LogP contribution in [-0.4, -0.2) is 31.7 Å². The highest BCUT2D eigenvalue weighted by molar-refractivity contribution is 8.13. The van der Waals surface area contributed by atoms with Crippen molar-refractivity contribution in [3.05, 3.63) is 17.7 Å². The third kappa shape index (κ3) is 4.35. The summed E-state index contributed by atoms with van der Waals surface area (Å²) in [4.78, 5) is 4.16. The molecule has 1 aromatic rings. The number of ether oxygens (including phenoxy) is 2. The smallest absolute Gasteiger partial charge is 0.164 e. The Morgan fingerprint density at radius 1 is 1.26 bits per heavy atom. The second-order valence-corrected chi connectivity index (χ2v) is 4.64. The first-order chi connectivity index (χ1) is 9.15. The van der Waals surface area contributed by atoms with Gasteiger partial charge in [-0.05, 0) is 38.7 Å². The molecule has 0 atom stereocenters. The van der Waals surface area contributed by atoms with E-state index in [0.717, 1.165) is 27.9 Å². The number of amidine groups is 1. The second kappa shape index (κ2) is 7.94. The first-order valence-corrected chi connectivity index (χ1v) is 7.56. The van der Waals surface area contributed by atoms with Gasteiger partial charge in [0.25, 0.3) is 0 Å². The van der Waals surface area contributed by atoms with E-state index in [1.165, 1.54) is 0 Å². The molecule has 0 aliphatic heterocycles. The molecule has 1 N–H and O–H groups in total. The van der Waals surface area contributed by atoms with Gasteiger partial charge in [-0.1, -0.05) is 11.8 Å². The maximum Gasteiger partial charge on any atom is 0.164 e. The SMILES string of the molecule is CCOc1cc(NC(=NC)SC)cc(C)c1OCC. The molecule has 0 saturated carbocycles. The Labute approximate surface area is 119 Å². The van der Waals surface area contributed by atoms with E-state index < -0.39 is 0 Å². The number of nitrogens with one attached hydrogen (secondary N) is 1. The van der Waals surface area contributed by atoms with Crippen molar-refractivity contribution >= 4 is 22.6 Å². The molecule has 0 fully saturated rings. The molecule has 0 unspecified atom stereocenters. The fourth-order valence-corrected chi connectivity index (χ4v) is 2.13. The molecule has 5 heteroatoms. The number of benzene rings is 1. The predicted octanol–water partition coefficient (Wildman–Crippen LogP) is 3.55. The lowest BCUT2D eigenvalue weighted by Gasteiger charge is -2.16. The van der Waals surface area contributed by atoms with Crippen molar-refractivity contribution in [1.82, 2.24) is 0 Å². The molecule has 1 rings (SSSR count). The van der Waals surface area contributed by atoms with Gasteiger partial charge in [-0.3, -0.25) is 4.99 Å². The molecular formula is C14H22N2O2S. The Balaban J connectivity index is 3.08. The molecule has 0 heterocycles. The van der Waals surface area contributed by atoms with Crippen LogP contribution in [0.25, 0.3) is 0 Å². The molecule has 0 amide bonds. The Hall–Kier alpha value is -1.36. The highest BCUT2D eigenvalue weighted by Gasteiger charge is 2.11. The monoisotopic (exact) mass is 282 g/mol. The summed E-state index contributed by atoms with van der Waals surface area (Å²) in [5, 5.41) is 4.13. The van der Waals surface area contributed by atoms with Gasteiger partial charge in [-0.15, -0.1) is 0 Å². The van der Waals surface area contributed by atoms with Crippen LogP contribution in [0, 0.1) is 6.92 Å². The number of nitrogens with zero attached hydrogens (tertiary/aromatic N) is 1. The summed E-state index contributed by atoms with van der Waals surface area (Å²) in [6.45, 7) is 7.18. The zero-order valence-corrected chi connectivity index (χ0v) is 13.1. The standard InChI is InChI=1S/C14H22N2O2S/c1-6-17-12-9-11(16-14(15-4)19-5)8-10(3)13(12)18-7-2/h8-9H,6-7H2,1-5H3,(H,15,16). The highest BCUT2D eigenvalue weighted by Crippen LogP contribution is 2.34. The molecule has 0 saturated heterocycles. The zero-order valence-electron chi connectivity index (χ0n) is 12.2. The third-order valence-corrected chi connectivity index (χ3v) is 3.15. The minimum atomic E-state index is 0.611. The number of hydrogen-bond acceptors (Lipinski definition) is 4. The summed E-state index contributed by atoms with van der Waals surface area (Å²) in [6, 6.07) is 3.98. The fourth-order valence-electron chi connectivity index (χ4n) is 1.73. The van der Waals surface area contributed by atoms with Crippen LogP contribution in [-0.2, 0) is 0 Å². The van der Waals surface area contributed by atoms with E-state index >= 15 is 0 Å². The van der Waals surface area contributed by atoms with Gasteiger partial charge in [0.1, 0.15) is 0 Å². The average Bonchev–Trinajstić information content (AvgIpc) is 2.40. The minimum absolute atomic E-state index is 0.611. The van der Waals surface area contributed by atoms with Crippen LogP contribution >= 0.6 is 11.8 Å². The normalized spacial score (nSPS) is 11.3. The van der Waals surface area contributed by atoms with Gasteiger partial charge in [-0.2, -0.15) is 0 Å². The van der Waals surface area contributed by atoms with E-state index in [1.54, 1.807) is 18.8 Å². The Morgan fingerprint density at radius 3 is 2.47 bits per heavy atom. The lowest BCUT2D eigenvalue weighted by Crippen LogP contribution is -2.08. The van der Waals surface area contributed by atoms with E-state index in [0.29, 0.717) is 13.2 Å². The van der Waals surface area contributed by atoms with E-state index in [4.69, 9.17) is 9.47 Å². The van der Waals surface area contributed by atoms with E-state index in [2.05, 4.69) is 10.3 Å². The topological polar surface area (TPSA) is 42.8 Å². The Kier molecular flexibility index (Phi) is 6.56. The van der Waals surface area contributed by atoms with Crippen LogP contribution in [0.15, 0.2) is 17.1 Å². The number of thioether (sulfide) groups is 1. The lowest BCUT2D eigenvalue weighted by atomic mass is 10.2. The largest absolute Gasteiger partial charge is 0.490 e. The molecule has 0 spiro atoms. The maximum absolute atomic E-state index is 5.65. The van der Waals surface area contributed by atoms with Gasteiger partial charge in [0.05, 0.1) is 13.2 Å². The molecular weight excluding hydrogens is 260 g/mol. The molecule has 4 nitrogen and oxygen atoms in total. The molecule has 1 aromatic carbocycles. The lowest BCUT2D eigenvalue weighted by molar-refractivity contribution is 0.286. The molecule has 106 valence electrons. The van der Waals surface area contributed by atoms with E-state index in [9.17, 15) is 0 Å². The first-order valence-electron chi connectivity index (χ1n) is 6.34. The maximum atomic E-state index is 5.65. The number of aliphatic imine (C=N–C) groups is 1. The van der Waals surface area contributed by atoms with Crippen LogP contribution in [0.1, 0.15) is 19.4 Å². The van der Waals surface area contributed by atoms with Gasteiger partial charge >= 0.3 is 0 Å². The van der Waals surface area contributed by atoms with Gasteiger partial charge in [0, 0.05) is 18.8 Å². The first kappa shape index (κ1) is 15.7. The van der Waals surface area contributed by atoms with Crippen molar-refractivity contribution in [2.45, 2.75) is 20.8 Å². The summed E-state index contributed by atoms with van der Waals surface area (Å²) >= 11 is 1.57. The minimum Gasteiger partial charge on any atom is -0.490 e. The summed E-state index contributed by atoms with van der Waals surface area (Å²) in [5.74, 6) is 1.58. The summed E-state index contributed by atoms with van der Waals surface area (Å²) in [5.41, 5.74) is 2.01.